The molecule has 1 aromatic heterocycles. The van der Waals surface area contributed by atoms with Gasteiger partial charge in [-0.3, -0.25) is 9.78 Å². The summed E-state index contributed by atoms with van der Waals surface area (Å²) in [5.41, 5.74) is 2.99. The Morgan fingerprint density at radius 3 is 2.45 bits per heavy atom. The fraction of sp³-hybridized carbons (Fsp3) is 0.440. The van der Waals surface area contributed by atoms with Gasteiger partial charge in [0.1, 0.15) is 5.69 Å². The molecule has 2 aromatic rings. The Balaban J connectivity index is 1.36. The van der Waals surface area contributed by atoms with Crippen LogP contribution in [0.15, 0.2) is 54.9 Å². The molecule has 1 aromatic carbocycles. The number of hydrogen-bond acceptors (Lipinski definition) is 3. The maximum Gasteiger partial charge on any atom is 0.272 e. The van der Waals surface area contributed by atoms with E-state index in [0.717, 1.165) is 43.8 Å². The monoisotopic (exact) mass is 425 g/mol. The number of pyridine rings is 1. The molecule has 0 aliphatic heterocycles. The van der Waals surface area contributed by atoms with Gasteiger partial charge in [-0.2, -0.15) is 0 Å². The van der Waals surface area contributed by atoms with Gasteiger partial charge in [-0.05, 0) is 68.2 Å². The second kappa shape index (κ2) is 7.74. The third-order valence-corrected chi connectivity index (χ3v) is 6.97. The van der Waals surface area contributed by atoms with Crippen molar-refractivity contribution in [3.05, 3.63) is 71.7 Å². The largest absolute Gasteiger partial charge is 0.359 e. The molecule has 0 saturated heterocycles. The van der Waals surface area contributed by atoms with E-state index < -0.39 is 5.92 Å². The standard InChI is InChI=1S/C25H29F2N3O/c1-15-5-8-20(9-6-15)29-17(3)16(2)21-13-25(11-18(21)12-25)30-23(31)22-10-7-19(14-28-22)24(4,26)27/h5-10,14,16,18,21,29H,3,11-13H2,1-2,4H3,(H,30,31)/t16?,18?,21-,25?/m1/s1. The van der Waals surface area contributed by atoms with E-state index in [-0.39, 0.29) is 28.6 Å². The Morgan fingerprint density at radius 2 is 1.87 bits per heavy atom. The summed E-state index contributed by atoms with van der Waals surface area (Å²) in [6.07, 6.45) is 3.86. The molecular weight excluding hydrogens is 396 g/mol. The zero-order valence-corrected chi connectivity index (χ0v) is 18.2. The van der Waals surface area contributed by atoms with E-state index in [2.05, 4.69) is 60.3 Å². The number of anilines is 1. The van der Waals surface area contributed by atoms with Crippen molar-refractivity contribution in [1.82, 2.24) is 10.3 Å². The molecule has 2 bridgehead atoms. The Bertz CT molecular complexity index is 973. The molecule has 1 heterocycles. The summed E-state index contributed by atoms with van der Waals surface area (Å²) < 4.78 is 26.7. The molecule has 0 spiro atoms. The molecule has 31 heavy (non-hydrogen) atoms. The highest BCUT2D eigenvalue weighted by molar-refractivity contribution is 5.93. The Hall–Kier alpha value is -2.76. The number of halogens is 2. The lowest BCUT2D eigenvalue weighted by Gasteiger charge is -2.39. The third-order valence-electron chi connectivity index (χ3n) is 6.97. The van der Waals surface area contributed by atoms with Gasteiger partial charge in [-0.15, -0.1) is 0 Å². The van der Waals surface area contributed by atoms with E-state index in [1.807, 2.05) is 0 Å². The number of fused-ring (bicyclic) bond motifs is 1. The topological polar surface area (TPSA) is 54.0 Å². The number of hydrogen-bond donors (Lipinski definition) is 2. The van der Waals surface area contributed by atoms with Gasteiger partial charge in [-0.1, -0.05) is 31.2 Å². The molecule has 6 heteroatoms. The minimum atomic E-state index is -2.97. The first-order valence-electron chi connectivity index (χ1n) is 10.8. The van der Waals surface area contributed by atoms with Crippen molar-refractivity contribution in [3.63, 3.8) is 0 Å². The second-order valence-electron chi connectivity index (χ2n) is 9.40. The van der Waals surface area contributed by atoms with Crippen molar-refractivity contribution in [2.75, 3.05) is 5.32 Å². The van der Waals surface area contributed by atoms with Gasteiger partial charge in [0.05, 0.1) is 0 Å². The first-order chi connectivity index (χ1) is 14.6. The van der Waals surface area contributed by atoms with Crippen molar-refractivity contribution in [2.45, 2.75) is 51.5 Å². The maximum atomic E-state index is 13.4. The van der Waals surface area contributed by atoms with Crippen molar-refractivity contribution < 1.29 is 13.6 Å². The first-order valence-corrected chi connectivity index (χ1v) is 10.8. The van der Waals surface area contributed by atoms with Crippen LogP contribution in [0, 0.1) is 24.7 Å². The molecule has 0 radical (unpaired) electrons. The van der Waals surface area contributed by atoms with E-state index in [0.29, 0.717) is 11.8 Å². The van der Waals surface area contributed by atoms with Crippen LogP contribution < -0.4 is 10.6 Å². The molecular formula is C25H29F2N3O. The summed E-state index contributed by atoms with van der Waals surface area (Å²) in [6.45, 7) is 9.33. The summed E-state index contributed by atoms with van der Waals surface area (Å²) in [5.74, 6) is -1.99. The van der Waals surface area contributed by atoms with Gasteiger partial charge in [0.15, 0.2) is 0 Å². The normalized spacial score (nSPS) is 25.5. The minimum Gasteiger partial charge on any atom is -0.359 e. The van der Waals surface area contributed by atoms with Crippen LogP contribution in [0.25, 0.3) is 0 Å². The molecule has 2 atom stereocenters. The summed E-state index contributed by atoms with van der Waals surface area (Å²) in [4.78, 5) is 16.6. The van der Waals surface area contributed by atoms with Crippen molar-refractivity contribution in [3.8, 4) is 0 Å². The van der Waals surface area contributed by atoms with Gasteiger partial charge < -0.3 is 10.6 Å². The molecule has 164 valence electrons. The first kappa shape index (κ1) is 21.5. The summed E-state index contributed by atoms with van der Waals surface area (Å²) >= 11 is 0. The summed E-state index contributed by atoms with van der Waals surface area (Å²) in [6, 6.07) is 10.9. The molecule has 1 unspecified atom stereocenters. The molecule has 3 fully saturated rings. The SMILES string of the molecule is C=C(Nc1ccc(C)cc1)C(C)[C@H]1CC2(NC(=O)c3ccc(C(C)(F)F)cn3)CC1C2. The average molecular weight is 426 g/mol. The predicted molar refractivity (Wildman–Crippen MR) is 118 cm³/mol. The van der Waals surface area contributed by atoms with Crippen LogP contribution in [-0.4, -0.2) is 16.4 Å². The Morgan fingerprint density at radius 1 is 1.19 bits per heavy atom. The van der Waals surface area contributed by atoms with Crippen molar-refractivity contribution >= 4 is 11.6 Å². The smallest absolute Gasteiger partial charge is 0.272 e. The average Bonchev–Trinajstić information content (AvgIpc) is 3.24. The van der Waals surface area contributed by atoms with E-state index in [9.17, 15) is 13.6 Å². The maximum absolute atomic E-state index is 13.4. The van der Waals surface area contributed by atoms with Gasteiger partial charge in [0, 0.05) is 35.6 Å². The van der Waals surface area contributed by atoms with Gasteiger partial charge >= 0.3 is 0 Å². The molecule has 5 rings (SSSR count). The molecule has 3 saturated carbocycles. The van der Waals surface area contributed by atoms with Gasteiger partial charge in [0.25, 0.3) is 11.8 Å². The fourth-order valence-electron chi connectivity index (χ4n) is 5.06. The Labute approximate surface area is 182 Å². The third kappa shape index (κ3) is 4.34. The number of allylic oxidation sites excluding steroid dienone is 1. The van der Waals surface area contributed by atoms with Crippen LogP contribution in [0.5, 0.6) is 0 Å². The minimum absolute atomic E-state index is 0.174. The second-order valence-corrected chi connectivity index (χ2v) is 9.40. The zero-order valence-electron chi connectivity index (χ0n) is 18.2. The number of nitrogens with zero attached hydrogens (tertiary/aromatic N) is 1. The lowest BCUT2D eigenvalue weighted by atomic mass is 9.74. The summed E-state index contributed by atoms with van der Waals surface area (Å²) in [7, 11) is 0. The number of aromatic nitrogens is 1. The molecule has 1 amide bonds. The number of alkyl halides is 2. The van der Waals surface area contributed by atoms with Crippen molar-refractivity contribution in [2.24, 2.45) is 17.8 Å². The van der Waals surface area contributed by atoms with Crippen LogP contribution >= 0.6 is 0 Å². The summed E-state index contributed by atoms with van der Waals surface area (Å²) in [5, 5.41) is 6.56. The molecule has 2 N–H and O–H groups in total. The number of nitrogens with one attached hydrogen (secondary N) is 2. The number of amides is 1. The number of aryl methyl sites for hydroxylation is 1. The number of carbonyl (C=O) groups excluding carboxylic acids is 1. The number of benzene rings is 1. The van der Waals surface area contributed by atoms with Crippen LogP contribution in [-0.2, 0) is 5.92 Å². The molecule has 4 nitrogen and oxygen atoms in total. The van der Waals surface area contributed by atoms with Crippen LogP contribution in [0.3, 0.4) is 0 Å². The lowest BCUT2D eigenvalue weighted by molar-refractivity contribution is 0.0170. The van der Waals surface area contributed by atoms with Crippen molar-refractivity contribution in [1.29, 1.82) is 0 Å². The highest BCUT2D eigenvalue weighted by Gasteiger charge is 2.58. The zero-order chi connectivity index (χ0) is 22.4. The van der Waals surface area contributed by atoms with Gasteiger partial charge in [-0.25, -0.2) is 8.78 Å². The van der Waals surface area contributed by atoms with Gasteiger partial charge in [0.2, 0.25) is 0 Å². The predicted octanol–water partition coefficient (Wildman–Crippen LogP) is 5.66. The van der Waals surface area contributed by atoms with E-state index in [1.165, 1.54) is 17.7 Å². The van der Waals surface area contributed by atoms with E-state index in [4.69, 9.17) is 0 Å². The number of carbonyl (C=O) groups is 1. The highest BCUT2D eigenvalue weighted by atomic mass is 19.3. The quantitative estimate of drug-likeness (QED) is 0.602. The molecule has 3 aliphatic carbocycles. The number of rotatable bonds is 7. The van der Waals surface area contributed by atoms with E-state index in [1.54, 1.807) is 0 Å². The van der Waals surface area contributed by atoms with E-state index >= 15 is 0 Å². The van der Waals surface area contributed by atoms with Crippen LogP contribution in [0.1, 0.15) is 54.7 Å². The van der Waals surface area contributed by atoms with Crippen LogP contribution in [0.4, 0.5) is 14.5 Å². The lowest BCUT2D eigenvalue weighted by Crippen LogP contribution is -2.51. The van der Waals surface area contributed by atoms with Crippen LogP contribution in [0.2, 0.25) is 0 Å². The fourth-order valence-corrected chi connectivity index (χ4v) is 5.06. The highest BCUT2D eigenvalue weighted by Crippen LogP contribution is 2.58. The molecule has 3 aliphatic rings. The Kier molecular flexibility index (Phi) is 5.36.